The summed E-state index contributed by atoms with van der Waals surface area (Å²) in [5.74, 6) is 2.26. The molecular weight excluding hydrogens is 412 g/mol. The van der Waals surface area contributed by atoms with Gasteiger partial charge in [0.25, 0.3) is 5.91 Å². The summed E-state index contributed by atoms with van der Waals surface area (Å²) in [6.45, 7) is 9.19. The molecule has 0 saturated carbocycles. The van der Waals surface area contributed by atoms with Crippen LogP contribution in [0.5, 0.6) is 5.75 Å². The first-order valence-electron chi connectivity index (χ1n) is 10.5. The highest BCUT2D eigenvalue weighted by atomic mass is 32.2. The monoisotopic (exact) mass is 442 g/mol. The highest BCUT2D eigenvalue weighted by molar-refractivity contribution is 7.99. The van der Waals surface area contributed by atoms with Crippen LogP contribution < -0.4 is 15.4 Å². The molecular formula is C22H30N6O2S. The van der Waals surface area contributed by atoms with E-state index in [1.165, 1.54) is 0 Å². The normalized spacial score (nSPS) is 11.1. The van der Waals surface area contributed by atoms with E-state index in [1.54, 1.807) is 22.6 Å². The quantitative estimate of drug-likeness (QED) is 0.346. The van der Waals surface area contributed by atoms with Crippen molar-refractivity contribution in [3.8, 4) is 5.75 Å². The van der Waals surface area contributed by atoms with Crippen LogP contribution in [0.3, 0.4) is 0 Å². The van der Waals surface area contributed by atoms with Gasteiger partial charge >= 0.3 is 0 Å². The van der Waals surface area contributed by atoms with Crippen LogP contribution in [0.15, 0.2) is 35.6 Å². The molecule has 31 heavy (non-hydrogen) atoms. The molecule has 0 aliphatic carbocycles. The largest absolute Gasteiger partial charge is 0.484 e. The standard InChI is InChI=1S/C22H30N6O2S/c1-5-11-31-22-26-20(25-15(2)3)18-13-24-28(21(18)27-22)10-9-23-19(29)14-30-17-8-6-7-16(4)12-17/h6-8,12-13,15H,5,9-11,14H2,1-4H3,(H,23,29)(H,25,26,27). The maximum absolute atomic E-state index is 12.1. The molecule has 0 spiro atoms. The molecule has 166 valence electrons. The molecule has 2 aromatic heterocycles. The van der Waals surface area contributed by atoms with E-state index in [-0.39, 0.29) is 18.6 Å². The molecule has 0 radical (unpaired) electrons. The molecule has 0 atom stereocenters. The van der Waals surface area contributed by atoms with Gasteiger partial charge < -0.3 is 15.4 Å². The number of anilines is 1. The Balaban J connectivity index is 1.62. The summed E-state index contributed by atoms with van der Waals surface area (Å²) in [6.07, 6.45) is 2.83. The maximum atomic E-state index is 12.1. The number of carbonyl (C=O) groups excluding carboxylic acids is 1. The Bertz CT molecular complexity index is 1020. The number of aryl methyl sites for hydroxylation is 1. The molecule has 0 aliphatic heterocycles. The molecule has 1 amide bonds. The predicted molar refractivity (Wildman–Crippen MR) is 125 cm³/mol. The Morgan fingerprint density at radius 2 is 2.13 bits per heavy atom. The third kappa shape index (κ3) is 6.58. The van der Waals surface area contributed by atoms with E-state index in [1.807, 2.05) is 31.2 Å². The van der Waals surface area contributed by atoms with Gasteiger partial charge in [-0.3, -0.25) is 4.79 Å². The van der Waals surface area contributed by atoms with Crippen molar-refractivity contribution in [2.45, 2.75) is 51.9 Å². The number of rotatable bonds is 11. The second-order valence-corrected chi connectivity index (χ2v) is 8.62. The van der Waals surface area contributed by atoms with E-state index >= 15 is 0 Å². The first kappa shape index (κ1) is 22.9. The molecule has 9 heteroatoms. The number of thioether (sulfide) groups is 1. The highest BCUT2D eigenvalue weighted by Crippen LogP contribution is 2.25. The summed E-state index contributed by atoms with van der Waals surface area (Å²) in [5.41, 5.74) is 1.86. The Hall–Kier alpha value is -2.81. The fourth-order valence-electron chi connectivity index (χ4n) is 2.95. The van der Waals surface area contributed by atoms with Crippen LogP contribution >= 0.6 is 11.8 Å². The number of nitrogens with one attached hydrogen (secondary N) is 2. The lowest BCUT2D eigenvalue weighted by Gasteiger charge is -2.12. The molecule has 0 bridgehead atoms. The second kappa shape index (κ2) is 11.0. The van der Waals surface area contributed by atoms with E-state index in [2.05, 4.69) is 41.5 Å². The summed E-state index contributed by atoms with van der Waals surface area (Å²) in [6, 6.07) is 7.88. The van der Waals surface area contributed by atoms with Crippen molar-refractivity contribution in [2.24, 2.45) is 0 Å². The average molecular weight is 443 g/mol. The molecule has 0 saturated heterocycles. The molecule has 2 heterocycles. The van der Waals surface area contributed by atoms with Crippen molar-refractivity contribution < 1.29 is 9.53 Å². The lowest BCUT2D eigenvalue weighted by molar-refractivity contribution is -0.123. The topological polar surface area (TPSA) is 94.0 Å². The number of benzene rings is 1. The first-order valence-corrected chi connectivity index (χ1v) is 11.5. The molecule has 0 fully saturated rings. The van der Waals surface area contributed by atoms with Crippen LogP contribution in [0.2, 0.25) is 0 Å². The van der Waals surface area contributed by atoms with Crippen LogP contribution in [-0.4, -0.2) is 50.6 Å². The van der Waals surface area contributed by atoms with Crippen LogP contribution in [0, 0.1) is 6.92 Å². The number of nitrogens with zero attached hydrogens (tertiary/aromatic N) is 4. The van der Waals surface area contributed by atoms with E-state index in [9.17, 15) is 4.79 Å². The molecule has 0 unspecified atom stereocenters. The van der Waals surface area contributed by atoms with Gasteiger partial charge in [-0.15, -0.1) is 0 Å². The third-order valence-corrected chi connectivity index (χ3v) is 5.39. The van der Waals surface area contributed by atoms with Crippen LogP contribution in [0.1, 0.15) is 32.8 Å². The Kier molecular flexibility index (Phi) is 8.11. The van der Waals surface area contributed by atoms with Crippen LogP contribution in [-0.2, 0) is 11.3 Å². The van der Waals surface area contributed by atoms with Gasteiger partial charge in [0.05, 0.1) is 18.1 Å². The molecule has 8 nitrogen and oxygen atoms in total. The molecule has 3 aromatic rings. The van der Waals surface area contributed by atoms with Crippen molar-refractivity contribution in [2.75, 3.05) is 24.2 Å². The van der Waals surface area contributed by atoms with Crippen molar-refractivity contribution >= 4 is 34.5 Å². The number of hydrogen-bond donors (Lipinski definition) is 2. The highest BCUT2D eigenvalue weighted by Gasteiger charge is 2.14. The van der Waals surface area contributed by atoms with Crippen molar-refractivity contribution in [1.82, 2.24) is 25.1 Å². The maximum Gasteiger partial charge on any atom is 0.258 e. The van der Waals surface area contributed by atoms with Crippen LogP contribution in [0.4, 0.5) is 5.82 Å². The fourth-order valence-corrected chi connectivity index (χ4v) is 3.64. The van der Waals surface area contributed by atoms with Crippen molar-refractivity contribution in [3.63, 3.8) is 0 Å². The van der Waals surface area contributed by atoms with E-state index in [0.29, 0.717) is 18.8 Å². The van der Waals surface area contributed by atoms with Crippen molar-refractivity contribution in [1.29, 1.82) is 0 Å². The summed E-state index contributed by atoms with van der Waals surface area (Å²) in [4.78, 5) is 21.5. The molecule has 0 aliphatic rings. The lowest BCUT2D eigenvalue weighted by Crippen LogP contribution is -2.31. The Morgan fingerprint density at radius 3 is 2.87 bits per heavy atom. The zero-order valence-corrected chi connectivity index (χ0v) is 19.3. The summed E-state index contributed by atoms with van der Waals surface area (Å²) in [5, 5.41) is 12.3. The van der Waals surface area contributed by atoms with Gasteiger partial charge in [-0.05, 0) is 44.9 Å². The minimum absolute atomic E-state index is 0.0221. The number of amides is 1. The smallest absolute Gasteiger partial charge is 0.258 e. The van der Waals surface area contributed by atoms with E-state index in [0.717, 1.165) is 39.7 Å². The van der Waals surface area contributed by atoms with Gasteiger partial charge in [0.2, 0.25) is 0 Å². The molecule has 3 rings (SSSR count). The minimum atomic E-state index is -0.172. The van der Waals surface area contributed by atoms with Gasteiger partial charge in [0.1, 0.15) is 11.6 Å². The zero-order valence-electron chi connectivity index (χ0n) is 18.5. The number of fused-ring (bicyclic) bond motifs is 1. The van der Waals surface area contributed by atoms with Gasteiger partial charge in [-0.2, -0.15) is 5.10 Å². The van der Waals surface area contributed by atoms with Gasteiger partial charge in [-0.25, -0.2) is 14.6 Å². The number of carbonyl (C=O) groups is 1. The van der Waals surface area contributed by atoms with Gasteiger partial charge in [0, 0.05) is 18.3 Å². The predicted octanol–water partition coefficient (Wildman–Crippen LogP) is 3.65. The summed E-state index contributed by atoms with van der Waals surface area (Å²) >= 11 is 1.63. The second-order valence-electron chi connectivity index (χ2n) is 7.56. The van der Waals surface area contributed by atoms with Gasteiger partial charge in [0.15, 0.2) is 17.4 Å². The lowest BCUT2D eigenvalue weighted by atomic mass is 10.2. The van der Waals surface area contributed by atoms with Crippen molar-refractivity contribution in [3.05, 3.63) is 36.0 Å². The third-order valence-electron chi connectivity index (χ3n) is 4.34. The Morgan fingerprint density at radius 1 is 1.29 bits per heavy atom. The minimum Gasteiger partial charge on any atom is -0.484 e. The zero-order chi connectivity index (χ0) is 22.2. The van der Waals surface area contributed by atoms with E-state index < -0.39 is 0 Å². The Labute approximate surface area is 187 Å². The van der Waals surface area contributed by atoms with Crippen LogP contribution in [0.25, 0.3) is 11.0 Å². The number of hydrogen-bond acceptors (Lipinski definition) is 7. The SMILES string of the molecule is CCCSc1nc(NC(C)C)c2cnn(CCNC(=O)COc3cccc(C)c3)c2n1. The van der Waals surface area contributed by atoms with Gasteiger partial charge in [-0.1, -0.05) is 30.8 Å². The molecule has 1 aromatic carbocycles. The summed E-state index contributed by atoms with van der Waals surface area (Å²) < 4.78 is 7.35. The fraction of sp³-hybridized carbons (Fsp3) is 0.455. The number of aromatic nitrogens is 4. The summed E-state index contributed by atoms with van der Waals surface area (Å²) in [7, 11) is 0. The molecule has 2 N–H and O–H groups in total. The number of ether oxygens (including phenoxy) is 1. The first-order chi connectivity index (χ1) is 15.0. The van der Waals surface area contributed by atoms with E-state index in [4.69, 9.17) is 9.72 Å². The average Bonchev–Trinajstić information content (AvgIpc) is 3.14.